The highest BCUT2D eigenvalue weighted by atomic mass is 19.4. The Labute approximate surface area is 126 Å². The van der Waals surface area contributed by atoms with Crippen LogP contribution in [0.25, 0.3) is 0 Å². The van der Waals surface area contributed by atoms with Gasteiger partial charge in [-0.3, -0.25) is 0 Å². The van der Waals surface area contributed by atoms with Crippen LogP contribution in [0.2, 0.25) is 0 Å². The number of ether oxygens (including phenoxy) is 1. The minimum Gasteiger partial charge on any atom is -0.369 e. The van der Waals surface area contributed by atoms with Crippen molar-refractivity contribution >= 4 is 0 Å². The van der Waals surface area contributed by atoms with Crippen LogP contribution in [0.1, 0.15) is 43.9 Å². The number of alkyl halides is 5. The number of halogens is 5. The average Bonchev–Trinajstić information content (AvgIpc) is 2.42. The highest BCUT2D eigenvalue weighted by molar-refractivity contribution is 5.27. The molecule has 1 aliphatic heterocycles. The summed E-state index contributed by atoms with van der Waals surface area (Å²) in [5.41, 5.74) is 1.12. The van der Waals surface area contributed by atoms with Crippen LogP contribution >= 0.6 is 0 Å². The van der Waals surface area contributed by atoms with Crippen LogP contribution in [-0.4, -0.2) is 18.2 Å². The van der Waals surface area contributed by atoms with Crippen LogP contribution in [0.15, 0.2) is 24.3 Å². The second kappa shape index (κ2) is 5.48. The highest BCUT2D eigenvalue weighted by Gasteiger charge is 2.59. The van der Waals surface area contributed by atoms with Crippen LogP contribution in [-0.2, 0) is 4.74 Å². The molecule has 1 saturated heterocycles. The molecular weight excluding hydrogens is 303 g/mol. The molecule has 124 valence electrons. The molecule has 0 amide bonds. The molecule has 3 unspecified atom stereocenters. The molecule has 0 saturated carbocycles. The first-order valence-electron chi connectivity index (χ1n) is 7.14. The first kappa shape index (κ1) is 17.2. The third-order valence-electron chi connectivity index (χ3n) is 4.64. The Morgan fingerprint density at radius 3 is 2.09 bits per heavy atom. The maximum absolute atomic E-state index is 13.2. The zero-order valence-electron chi connectivity index (χ0n) is 12.7. The topological polar surface area (TPSA) is 9.23 Å². The van der Waals surface area contributed by atoms with Crippen molar-refractivity contribution in [2.24, 2.45) is 5.41 Å². The van der Waals surface area contributed by atoms with Gasteiger partial charge in [0.1, 0.15) is 0 Å². The second-order valence-electron chi connectivity index (χ2n) is 6.28. The maximum Gasteiger partial charge on any atom is 0.453 e. The van der Waals surface area contributed by atoms with Crippen molar-refractivity contribution in [3.8, 4) is 0 Å². The number of aryl methyl sites for hydroxylation is 1. The van der Waals surface area contributed by atoms with E-state index >= 15 is 0 Å². The lowest BCUT2D eigenvalue weighted by Crippen LogP contribution is -2.51. The lowest BCUT2D eigenvalue weighted by Gasteiger charge is -2.53. The van der Waals surface area contributed by atoms with E-state index in [1.54, 1.807) is 13.8 Å². The summed E-state index contributed by atoms with van der Waals surface area (Å²) in [4.78, 5) is 0. The molecule has 0 N–H and O–H groups in total. The number of hydrogen-bond acceptors (Lipinski definition) is 1. The lowest BCUT2D eigenvalue weighted by atomic mass is 9.68. The van der Waals surface area contributed by atoms with Gasteiger partial charge >= 0.3 is 12.1 Å². The van der Waals surface area contributed by atoms with Gasteiger partial charge in [0.2, 0.25) is 0 Å². The molecular formula is C16H19F5O. The molecule has 1 aliphatic rings. The molecule has 3 atom stereocenters. The summed E-state index contributed by atoms with van der Waals surface area (Å²) >= 11 is 0. The third kappa shape index (κ3) is 2.98. The minimum atomic E-state index is -5.50. The van der Waals surface area contributed by atoms with Crippen LogP contribution in [0.4, 0.5) is 22.0 Å². The Balaban J connectivity index is 2.12. The second-order valence-corrected chi connectivity index (χ2v) is 6.28. The summed E-state index contributed by atoms with van der Waals surface area (Å²) in [5.74, 6) is -4.66. The first-order chi connectivity index (χ1) is 9.97. The van der Waals surface area contributed by atoms with Gasteiger partial charge in [0, 0.05) is 11.8 Å². The molecule has 1 nitrogen and oxygen atoms in total. The van der Waals surface area contributed by atoms with Gasteiger partial charge in [-0.2, -0.15) is 22.0 Å². The maximum atomic E-state index is 13.2. The lowest BCUT2D eigenvalue weighted by molar-refractivity contribution is -0.296. The fraction of sp³-hybridized carbons (Fsp3) is 0.625. The zero-order chi connectivity index (χ0) is 16.8. The summed E-state index contributed by atoms with van der Waals surface area (Å²) in [6, 6.07) is 7.39. The standard InChI is InChI=1S/C16H19F5O/c1-10-4-6-12(7-5-10)13-14(3,11(2)22-13)8-9-15(17,18)16(19,20)21/h4-7,11,13H,8-9H2,1-3H3. The van der Waals surface area contributed by atoms with Crippen molar-refractivity contribution < 1.29 is 26.7 Å². The molecule has 0 radical (unpaired) electrons. The molecule has 0 bridgehead atoms. The summed E-state index contributed by atoms with van der Waals surface area (Å²) in [5, 5.41) is 0. The fourth-order valence-corrected chi connectivity index (χ4v) is 2.76. The molecule has 1 heterocycles. The van der Waals surface area contributed by atoms with E-state index in [0.717, 1.165) is 11.1 Å². The predicted molar refractivity (Wildman–Crippen MR) is 72.8 cm³/mol. The Bertz CT molecular complexity index is 522. The molecule has 1 aromatic rings. The van der Waals surface area contributed by atoms with Crippen LogP contribution in [0.3, 0.4) is 0 Å². The quantitative estimate of drug-likeness (QED) is 0.671. The smallest absolute Gasteiger partial charge is 0.369 e. The van der Waals surface area contributed by atoms with Gasteiger partial charge in [0.15, 0.2) is 0 Å². The Kier molecular flexibility index (Phi) is 4.28. The average molecular weight is 322 g/mol. The van der Waals surface area contributed by atoms with E-state index < -0.39 is 30.0 Å². The summed E-state index contributed by atoms with van der Waals surface area (Å²) in [6.07, 6.45) is -7.78. The molecule has 22 heavy (non-hydrogen) atoms. The van der Waals surface area contributed by atoms with E-state index in [2.05, 4.69) is 0 Å². The predicted octanol–water partition coefficient (Wildman–Crippen LogP) is 5.44. The first-order valence-corrected chi connectivity index (χ1v) is 7.14. The molecule has 2 rings (SSSR count). The van der Waals surface area contributed by atoms with Crippen LogP contribution in [0, 0.1) is 12.3 Å². The van der Waals surface area contributed by atoms with Crippen molar-refractivity contribution in [3.63, 3.8) is 0 Å². The fourth-order valence-electron chi connectivity index (χ4n) is 2.76. The third-order valence-corrected chi connectivity index (χ3v) is 4.64. The molecule has 0 aliphatic carbocycles. The summed E-state index contributed by atoms with van der Waals surface area (Å²) < 4.78 is 68.9. The Hall–Kier alpha value is -1.17. The van der Waals surface area contributed by atoms with Gasteiger partial charge in [0.25, 0.3) is 0 Å². The van der Waals surface area contributed by atoms with Gasteiger partial charge in [-0.05, 0) is 25.8 Å². The largest absolute Gasteiger partial charge is 0.453 e. The van der Waals surface area contributed by atoms with Crippen LogP contribution < -0.4 is 0 Å². The molecule has 6 heteroatoms. The number of rotatable bonds is 4. The summed E-state index contributed by atoms with van der Waals surface area (Å²) in [7, 11) is 0. The van der Waals surface area contributed by atoms with Crippen molar-refractivity contribution in [1.29, 1.82) is 0 Å². The molecule has 0 spiro atoms. The summed E-state index contributed by atoms with van der Waals surface area (Å²) in [6.45, 7) is 5.33. The normalized spacial score (nSPS) is 29.3. The minimum absolute atomic E-state index is 0.251. The van der Waals surface area contributed by atoms with E-state index in [1.807, 2.05) is 31.2 Å². The van der Waals surface area contributed by atoms with Gasteiger partial charge in [0.05, 0.1) is 12.2 Å². The Morgan fingerprint density at radius 1 is 1.09 bits per heavy atom. The van der Waals surface area contributed by atoms with Crippen molar-refractivity contribution in [2.75, 3.05) is 0 Å². The van der Waals surface area contributed by atoms with E-state index in [0.29, 0.717) is 0 Å². The van der Waals surface area contributed by atoms with Crippen LogP contribution in [0.5, 0.6) is 0 Å². The van der Waals surface area contributed by atoms with Gasteiger partial charge < -0.3 is 4.74 Å². The van der Waals surface area contributed by atoms with Crippen molar-refractivity contribution in [2.45, 2.75) is 57.9 Å². The number of benzene rings is 1. The van der Waals surface area contributed by atoms with E-state index in [9.17, 15) is 22.0 Å². The van der Waals surface area contributed by atoms with E-state index in [-0.39, 0.29) is 12.5 Å². The van der Waals surface area contributed by atoms with Gasteiger partial charge in [-0.25, -0.2) is 0 Å². The van der Waals surface area contributed by atoms with Gasteiger partial charge in [-0.15, -0.1) is 0 Å². The molecule has 1 fully saturated rings. The zero-order valence-corrected chi connectivity index (χ0v) is 12.7. The SMILES string of the molecule is Cc1ccc(C2OC(C)C2(C)CCC(F)(F)C(F)(F)F)cc1. The van der Waals surface area contributed by atoms with E-state index in [4.69, 9.17) is 4.74 Å². The molecule has 0 aromatic heterocycles. The van der Waals surface area contributed by atoms with Gasteiger partial charge in [-0.1, -0.05) is 36.8 Å². The Morgan fingerprint density at radius 2 is 1.64 bits per heavy atom. The van der Waals surface area contributed by atoms with Crippen molar-refractivity contribution in [3.05, 3.63) is 35.4 Å². The number of hydrogen-bond donors (Lipinski definition) is 0. The monoisotopic (exact) mass is 322 g/mol. The highest BCUT2D eigenvalue weighted by Crippen LogP contribution is 2.55. The van der Waals surface area contributed by atoms with E-state index in [1.165, 1.54) is 0 Å². The molecule has 1 aromatic carbocycles. The van der Waals surface area contributed by atoms with Crippen molar-refractivity contribution in [1.82, 2.24) is 0 Å².